The van der Waals surface area contributed by atoms with Gasteiger partial charge in [0.25, 0.3) is 0 Å². The minimum Gasteiger partial charge on any atom is -0.871 e. The van der Waals surface area contributed by atoms with Crippen molar-refractivity contribution >= 4 is 29.1 Å². The Kier molecular flexibility index (Phi) is 23.6. The van der Waals surface area contributed by atoms with Crippen LogP contribution in [0.2, 0.25) is 0 Å². The van der Waals surface area contributed by atoms with E-state index in [-0.39, 0.29) is 33.7 Å². The van der Waals surface area contributed by atoms with E-state index in [1.807, 2.05) is 0 Å². The predicted molar refractivity (Wildman–Crippen MR) is 139 cm³/mol. The first kappa shape index (κ1) is 34.6. The smallest absolute Gasteiger partial charge is 0.871 e. The largest absolute Gasteiger partial charge is 1.00 e. The molecule has 0 bridgehead atoms. The van der Waals surface area contributed by atoms with Crippen molar-refractivity contribution in [1.82, 2.24) is 0 Å². The number of carbonyl (C=O) groups excluding carboxylic acids is 1. The van der Waals surface area contributed by atoms with Gasteiger partial charge in [-0.3, -0.25) is 0 Å². The number of rotatable bonds is 17. The second-order valence-electron chi connectivity index (χ2n) is 7.93. The van der Waals surface area contributed by atoms with Crippen LogP contribution in [0, 0.1) is 0 Å². The van der Waals surface area contributed by atoms with Crippen LogP contribution in [0.5, 0.6) is 5.75 Å². The Labute approximate surface area is 220 Å². The monoisotopic (exact) mass is 544 g/mol. The van der Waals surface area contributed by atoms with Crippen molar-refractivity contribution in [2.75, 3.05) is 12.4 Å². The molecule has 1 rings (SSSR count). The average molecular weight is 545 g/mol. The van der Waals surface area contributed by atoms with Crippen LogP contribution in [-0.4, -0.2) is 29.7 Å². The Hall–Kier alpha value is -1.54. The molecule has 0 unspecified atom stereocenters. The van der Waals surface area contributed by atoms with Gasteiger partial charge in [-0.05, 0) is 24.5 Å². The maximum atomic E-state index is 12.5. The summed E-state index contributed by atoms with van der Waals surface area (Å²) in [5, 5.41) is 20.8. The van der Waals surface area contributed by atoms with Crippen LogP contribution < -0.4 is 10.8 Å². The number of para-hydroxylation sites is 1. The van der Waals surface area contributed by atoms with Gasteiger partial charge in [0.05, 0.1) is 18.4 Å². The molecule has 0 aromatic heterocycles. The fourth-order valence-corrected chi connectivity index (χ4v) is 3.84. The summed E-state index contributed by atoms with van der Waals surface area (Å²) < 4.78 is 5.26. The molecule has 34 heavy (non-hydrogen) atoms. The first-order chi connectivity index (χ1) is 15.6. The maximum absolute atomic E-state index is 12.5. The summed E-state index contributed by atoms with van der Waals surface area (Å²) in [6, 6.07) is 4.73. The molecule has 9 heteroatoms. The predicted octanol–water partition coefficient (Wildman–Crippen LogP) is 5.10. The van der Waals surface area contributed by atoms with Gasteiger partial charge in [-0.25, -0.2) is 4.79 Å². The summed E-state index contributed by atoms with van der Waals surface area (Å²) in [4.78, 5) is 12.2. The maximum Gasteiger partial charge on any atom is 1.00 e. The molecule has 0 heterocycles. The van der Waals surface area contributed by atoms with E-state index in [0.29, 0.717) is 11.8 Å². The molecule has 0 spiro atoms. The number of esters is 1. The van der Waals surface area contributed by atoms with Crippen LogP contribution in [0.1, 0.15) is 107 Å². The van der Waals surface area contributed by atoms with Gasteiger partial charge in [-0.2, -0.15) is 5.10 Å². The molecule has 7 nitrogen and oxygen atoms in total. The number of amidine groups is 1. The van der Waals surface area contributed by atoms with Crippen LogP contribution in [0.4, 0.5) is 0 Å². The third-order valence-corrected chi connectivity index (χ3v) is 5.97. The van der Waals surface area contributed by atoms with Crippen LogP contribution in [-0.2, 0) is 27.3 Å². The van der Waals surface area contributed by atoms with E-state index in [9.17, 15) is 9.90 Å². The summed E-state index contributed by atoms with van der Waals surface area (Å²) in [5.74, 6) is -0.0852. The molecule has 0 saturated heterocycles. The Balaban J connectivity index is 0. The Morgan fingerprint density at radius 1 is 1.00 bits per heavy atom. The second kappa shape index (κ2) is 23.2. The molecule has 0 saturated carbocycles. The number of nitrogens with two attached hydrogens (primary N) is 1. The molecule has 0 atom stereocenters. The van der Waals surface area contributed by atoms with E-state index in [4.69, 9.17) is 10.5 Å². The number of nitrogens with zero attached hydrogens (tertiary/aromatic N) is 2. The molecule has 0 aliphatic rings. The van der Waals surface area contributed by atoms with Gasteiger partial charge in [-0.1, -0.05) is 108 Å². The van der Waals surface area contributed by atoms with Crippen LogP contribution in [0.25, 0.3) is 0 Å². The molecule has 1 aromatic rings. The fraction of sp³-hybridized carbons (Fsp3) is 0.640. The number of unbranched alkanes of at least 4 members (excludes halogenated alkanes) is 10. The summed E-state index contributed by atoms with van der Waals surface area (Å²) in [5.41, 5.74) is 6.18. The van der Waals surface area contributed by atoms with E-state index >= 15 is 0 Å². The number of benzene rings is 1. The van der Waals surface area contributed by atoms with Crippen molar-refractivity contribution in [3.63, 3.8) is 0 Å². The number of hydrogen-bond acceptors (Lipinski definition) is 6. The Morgan fingerprint density at radius 3 is 2.24 bits per heavy atom. The number of carbonyl (C=O) groups is 1. The number of ether oxygens (including phenoxy) is 1. The van der Waals surface area contributed by atoms with Crippen molar-refractivity contribution in [1.29, 1.82) is 0 Å². The van der Waals surface area contributed by atoms with Crippen LogP contribution >= 0.6 is 11.8 Å². The Morgan fingerprint density at radius 2 is 1.59 bits per heavy atom. The fourth-order valence-electron chi connectivity index (χ4n) is 3.18. The van der Waals surface area contributed by atoms with Gasteiger partial charge in [0, 0.05) is 5.75 Å². The third-order valence-electron chi connectivity index (χ3n) is 5.10. The van der Waals surface area contributed by atoms with E-state index in [1.165, 1.54) is 75.4 Å². The zero-order valence-electron chi connectivity index (χ0n) is 20.7. The number of hydrogen-bond donors (Lipinski definition) is 1. The topological polar surface area (TPSA) is 133 Å². The molecular weight excluding hydrogens is 502 g/mol. The zero-order valence-corrected chi connectivity index (χ0v) is 22.5. The van der Waals surface area contributed by atoms with E-state index in [2.05, 4.69) is 24.1 Å². The molecule has 0 radical (unpaired) electrons. The van der Waals surface area contributed by atoms with Crippen molar-refractivity contribution in [3.8, 4) is 5.75 Å². The molecule has 0 aliphatic heterocycles. The SMILES string of the molecule is CCCCCCCCOC(=O)c1cccc(/C=N/N=C(N)SCCCCCCCC)c1[O-].[Cu+].[OH3+]. The second-order valence-corrected chi connectivity index (χ2v) is 9.04. The zero-order chi connectivity index (χ0) is 23.4. The van der Waals surface area contributed by atoms with Gasteiger partial charge in [-0.15, -0.1) is 5.10 Å². The molecule has 5 N–H and O–H groups in total. The summed E-state index contributed by atoms with van der Waals surface area (Å²) in [6.45, 7) is 4.72. The molecular formula is C25H43CuN3O4S+. The quantitative estimate of drug-likeness (QED) is 0.0554. The third kappa shape index (κ3) is 16.1. The van der Waals surface area contributed by atoms with Crippen molar-refractivity contribution in [2.24, 2.45) is 15.9 Å². The van der Waals surface area contributed by atoms with Gasteiger partial charge in [0.2, 0.25) is 0 Å². The normalized spacial score (nSPS) is 11.2. The molecule has 0 fully saturated rings. The van der Waals surface area contributed by atoms with Crippen molar-refractivity contribution < 1.29 is 37.2 Å². The van der Waals surface area contributed by atoms with Crippen LogP contribution in [0.3, 0.4) is 0 Å². The molecule has 0 amide bonds. The minimum absolute atomic E-state index is 0. The summed E-state index contributed by atoms with van der Waals surface area (Å²) in [7, 11) is 0. The van der Waals surface area contributed by atoms with Crippen LogP contribution in [0.15, 0.2) is 28.4 Å². The molecule has 1 aromatic carbocycles. The summed E-state index contributed by atoms with van der Waals surface area (Å²) in [6.07, 6.45) is 15.4. The first-order valence-corrected chi connectivity index (χ1v) is 13.0. The van der Waals surface area contributed by atoms with Crippen molar-refractivity contribution in [2.45, 2.75) is 90.9 Å². The van der Waals surface area contributed by atoms with E-state index in [0.717, 1.165) is 31.4 Å². The standard InChI is InChI=1S/C25H41N3O3S.Cu.H2O/c1-3-5-7-9-11-13-18-31-24(30)22-17-15-16-21(23(22)29)20-27-28-25(26)32-19-14-12-10-8-6-4-2;;/h15-17,20,29H,3-14,18-19H2,1-2H3,(H2,26,28);;1H2/q;+1;/b27-20+;;. The molecule has 0 aliphatic carbocycles. The van der Waals surface area contributed by atoms with Gasteiger partial charge in [0.1, 0.15) is 0 Å². The van der Waals surface area contributed by atoms with Gasteiger partial charge in [0.15, 0.2) is 5.17 Å². The average Bonchev–Trinajstić information content (AvgIpc) is 2.79. The van der Waals surface area contributed by atoms with Gasteiger partial charge >= 0.3 is 23.0 Å². The Bertz CT molecular complexity index is 717. The molecule has 198 valence electrons. The van der Waals surface area contributed by atoms with Crippen molar-refractivity contribution in [3.05, 3.63) is 29.3 Å². The van der Waals surface area contributed by atoms with E-state index < -0.39 is 11.7 Å². The summed E-state index contributed by atoms with van der Waals surface area (Å²) >= 11 is 1.47. The van der Waals surface area contributed by atoms with Gasteiger partial charge < -0.3 is 21.1 Å². The minimum atomic E-state index is -0.587. The first-order valence-electron chi connectivity index (χ1n) is 12.1. The number of thioether (sulfide) groups is 1. The van der Waals surface area contributed by atoms with E-state index in [1.54, 1.807) is 12.1 Å².